The quantitative estimate of drug-likeness (QED) is 0.339. The number of hydrogen-bond donors (Lipinski definition) is 1. The van der Waals surface area contributed by atoms with E-state index in [1.165, 1.54) is 5.56 Å². The SMILES string of the molecule is CCN1CCc2c(nc(-c3ccc(Nc4nccc(OCc5ccccc5)n4)cc3)nc2N2CCOCC2C)C1. The van der Waals surface area contributed by atoms with Crippen molar-refractivity contribution in [2.75, 3.05) is 43.1 Å². The Morgan fingerprint density at radius 2 is 1.85 bits per heavy atom. The second kappa shape index (κ2) is 12.0. The maximum atomic E-state index is 5.85. The van der Waals surface area contributed by atoms with Crippen LogP contribution < -0.4 is 15.0 Å². The molecule has 4 aromatic rings. The molecule has 1 fully saturated rings. The Morgan fingerprint density at radius 3 is 2.65 bits per heavy atom. The number of nitrogens with zero attached hydrogens (tertiary/aromatic N) is 6. The number of fused-ring (bicyclic) bond motifs is 1. The van der Waals surface area contributed by atoms with Gasteiger partial charge in [0.05, 0.1) is 24.9 Å². The lowest BCUT2D eigenvalue weighted by Crippen LogP contribution is -2.45. The van der Waals surface area contributed by atoms with Gasteiger partial charge in [-0.1, -0.05) is 37.3 Å². The zero-order chi connectivity index (χ0) is 27.3. The molecule has 4 heterocycles. The third-order valence-corrected chi connectivity index (χ3v) is 7.47. The first-order chi connectivity index (χ1) is 19.7. The molecule has 0 amide bonds. The average molecular weight is 538 g/mol. The maximum absolute atomic E-state index is 5.85. The van der Waals surface area contributed by atoms with Crippen molar-refractivity contribution in [1.82, 2.24) is 24.8 Å². The summed E-state index contributed by atoms with van der Waals surface area (Å²) < 4.78 is 11.6. The van der Waals surface area contributed by atoms with Gasteiger partial charge in [0.1, 0.15) is 12.4 Å². The van der Waals surface area contributed by atoms with Gasteiger partial charge in [-0.05, 0) is 49.7 Å². The lowest BCUT2D eigenvalue weighted by molar-refractivity contribution is 0.0983. The summed E-state index contributed by atoms with van der Waals surface area (Å²) in [6.45, 7) is 10.1. The van der Waals surface area contributed by atoms with Crippen LogP contribution in [-0.4, -0.2) is 63.7 Å². The average Bonchev–Trinajstić information content (AvgIpc) is 3.00. The van der Waals surface area contributed by atoms with E-state index in [2.05, 4.69) is 38.9 Å². The molecule has 1 unspecified atom stereocenters. The minimum Gasteiger partial charge on any atom is -0.473 e. The first-order valence-electron chi connectivity index (χ1n) is 14.0. The zero-order valence-corrected chi connectivity index (χ0v) is 23.1. The molecule has 0 spiro atoms. The molecule has 2 aliphatic heterocycles. The molecule has 206 valence electrons. The fourth-order valence-electron chi connectivity index (χ4n) is 5.19. The summed E-state index contributed by atoms with van der Waals surface area (Å²) in [5, 5.41) is 3.28. The van der Waals surface area contributed by atoms with Crippen LogP contribution in [-0.2, 0) is 24.3 Å². The predicted molar refractivity (Wildman–Crippen MR) is 156 cm³/mol. The molecule has 40 heavy (non-hydrogen) atoms. The van der Waals surface area contributed by atoms with E-state index in [0.29, 0.717) is 18.4 Å². The lowest BCUT2D eigenvalue weighted by atomic mass is 10.0. The lowest BCUT2D eigenvalue weighted by Gasteiger charge is -2.37. The minimum atomic E-state index is 0.281. The van der Waals surface area contributed by atoms with Gasteiger partial charge in [-0.15, -0.1) is 0 Å². The number of benzene rings is 2. The van der Waals surface area contributed by atoms with Gasteiger partial charge in [0.15, 0.2) is 5.82 Å². The van der Waals surface area contributed by atoms with Gasteiger partial charge in [-0.3, -0.25) is 4.90 Å². The van der Waals surface area contributed by atoms with Gasteiger partial charge in [-0.2, -0.15) is 4.98 Å². The Bertz CT molecular complexity index is 1430. The van der Waals surface area contributed by atoms with Crippen molar-refractivity contribution in [3.63, 3.8) is 0 Å². The van der Waals surface area contributed by atoms with Crippen molar-refractivity contribution in [2.24, 2.45) is 0 Å². The van der Waals surface area contributed by atoms with Gasteiger partial charge < -0.3 is 19.7 Å². The molecule has 0 radical (unpaired) electrons. The molecular weight excluding hydrogens is 502 g/mol. The minimum absolute atomic E-state index is 0.281. The van der Waals surface area contributed by atoms with E-state index in [9.17, 15) is 0 Å². The second-order valence-electron chi connectivity index (χ2n) is 10.2. The summed E-state index contributed by atoms with van der Waals surface area (Å²) in [5.74, 6) is 2.82. The van der Waals surface area contributed by atoms with Crippen LogP contribution in [0, 0.1) is 0 Å². The molecule has 2 aliphatic rings. The summed E-state index contributed by atoms with van der Waals surface area (Å²) in [6, 6.07) is 20.2. The number of rotatable bonds is 8. The number of anilines is 3. The highest BCUT2D eigenvalue weighted by Crippen LogP contribution is 2.32. The van der Waals surface area contributed by atoms with Gasteiger partial charge in [0.25, 0.3) is 0 Å². The Balaban J connectivity index is 1.21. The van der Waals surface area contributed by atoms with E-state index in [4.69, 9.17) is 19.4 Å². The first kappa shape index (κ1) is 26.2. The third kappa shape index (κ3) is 5.90. The van der Waals surface area contributed by atoms with Crippen molar-refractivity contribution in [2.45, 2.75) is 39.5 Å². The number of morpholine rings is 1. The molecule has 0 aliphatic carbocycles. The van der Waals surface area contributed by atoms with Crippen molar-refractivity contribution in [3.8, 4) is 17.3 Å². The number of nitrogens with one attached hydrogen (secondary N) is 1. The monoisotopic (exact) mass is 537 g/mol. The summed E-state index contributed by atoms with van der Waals surface area (Å²) in [4.78, 5) is 23.9. The van der Waals surface area contributed by atoms with Crippen LogP contribution in [0.1, 0.15) is 30.7 Å². The van der Waals surface area contributed by atoms with E-state index in [0.717, 1.165) is 80.0 Å². The van der Waals surface area contributed by atoms with Crippen LogP contribution in [0.15, 0.2) is 66.9 Å². The highest BCUT2D eigenvalue weighted by atomic mass is 16.5. The van der Waals surface area contributed by atoms with Crippen LogP contribution in [0.5, 0.6) is 5.88 Å². The topological polar surface area (TPSA) is 88.5 Å². The normalized spacial score (nSPS) is 17.4. The predicted octanol–water partition coefficient (Wildman–Crippen LogP) is 4.86. The fourth-order valence-corrected chi connectivity index (χ4v) is 5.19. The van der Waals surface area contributed by atoms with Crippen LogP contribution in [0.25, 0.3) is 11.4 Å². The highest BCUT2D eigenvalue weighted by Gasteiger charge is 2.28. The van der Waals surface area contributed by atoms with Crippen molar-refractivity contribution >= 4 is 17.5 Å². The third-order valence-electron chi connectivity index (χ3n) is 7.47. The van der Waals surface area contributed by atoms with E-state index >= 15 is 0 Å². The largest absolute Gasteiger partial charge is 0.473 e. The summed E-state index contributed by atoms with van der Waals surface area (Å²) in [6.07, 6.45) is 2.67. The molecule has 0 saturated carbocycles. The van der Waals surface area contributed by atoms with Crippen molar-refractivity contribution in [1.29, 1.82) is 0 Å². The molecule has 1 saturated heterocycles. The van der Waals surface area contributed by atoms with Crippen LogP contribution >= 0.6 is 0 Å². The van der Waals surface area contributed by atoms with E-state index in [-0.39, 0.29) is 6.04 Å². The van der Waals surface area contributed by atoms with E-state index in [1.54, 1.807) is 12.3 Å². The Morgan fingerprint density at radius 1 is 1.00 bits per heavy atom. The number of likely N-dealkylation sites (N-methyl/N-ethyl adjacent to an activating group) is 1. The molecular formula is C31H35N7O2. The van der Waals surface area contributed by atoms with Gasteiger partial charge in [-0.25, -0.2) is 15.0 Å². The number of ether oxygens (including phenoxy) is 2. The van der Waals surface area contributed by atoms with Crippen molar-refractivity contribution in [3.05, 3.63) is 83.7 Å². The first-order valence-corrected chi connectivity index (χ1v) is 14.0. The van der Waals surface area contributed by atoms with Crippen molar-refractivity contribution < 1.29 is 9.47 Å². The smallest absolute Gasteiger partial charge is 0.230 e. The molecule has 1 atom stereocenters. The van der Waals surface area contributed by atoms with Crippen LogP contribution in [0.3, 0.4) is 0 Å². The van der Waals surface area contributed by atoms with Gasteiger partial charge in [0, 0.05) is 48.7 Å². The maximum Gasteiger partial charge on any atom is 0.230 e. The molecule has 9 nitrogen and oxygen atoms in total. The molecule has 1 N–H and O–H groups in total. The summed E-state index contributed by atoms with van der Waals surface area (Å²) >= 11 is 0. The molecule has 0 bridgehead atoms. The second-order valence-corrected chi connectivity index (χ2v) is 10.2. The van der Waals surface area contributed by atoms with Gasteiger partial charge >= 0.3 is 0 Å². The summed E-state index contributed by atoms with van der Waals surface area (Å²) in [5.41, 5.74) is 5.36. The van der Waals surface area contributed by atoms with Crippen LogP contribution in [0.2, 0.25) is 0 Å². The fraction of sp³-hybridized carbons (Fsp3) is 0.355. The molecule has 9 heteroatoms. The Kier molecular flexibility index (Phi) is 7.83. The van der Waals surface area contributed by atoms with E-state index in [1.807, 2.05) is 54.6 Å². The standard InChI is InChI=1S/C31H35N7O2/c1-3-37-16-14-26-27(19-37)34-29(36-30(26)38-17-18-39-20-22(38)2)24-9-11-25(12-10-24)33-31-32-15-13-28(35-31)40-21-23-7-5-4-6-8-23/h4-13,15,22H,3,14,16-21H2,1-2H3,(H,32,33,35). The van der Waals surface area contributed by atoms with Gasteiger partial charge in [0.2, 0.25) is 11.8 Å². The summed E-state index contributed by atoms with van der Waals surface area (Å²) in [7, 11) is 0. The van der Waals surface area contributed by atoms with Crippen LogP contribution in [0.4, 0.5) is 17.5 Å². The zero-order valence-electron chi connectivity index (χ0n) is 23.1. The Labute approximate surface area is 235 Å². The number of aromatic nitrogens is 4. The molecule has 2 aromatic carbocycles. The Hall–Kier alpha value is -4.08. The molecule has 2 aromatic heterocycles. The number of hydrogen-bond acceptors (Lipinski definition) is 9. The van der Waals surface area contributed by atoms with E-state index < -0.39 is 0 Å². The molecule has 6 rings (SSSR count). The highest BCUT2D eigenvalue weighted by molar-refractivity contribution is 5.65.